The number of carbonyl (C=O) groups excluding carboxylic acids is 2. The zero-order valence-electron chi connectivity index (χ0n) is 14.5. The van der Waals surface area contributed by atoms with Crippen LogP contribution in [-0.2, 0) is 10.2 Å². The zero-order chi connectivity index (χ0) is 18.6. The van der Waals surface area contributed by atoms with Crippen molar-refractivity contribution in [3.8, 4) is 5.75 Å². The summed E-state index contributed by atoms with van der Waals surface area (Å²) < 4.78 is 5.07. The van der Waals surface area contributed by atoms with Crippen LogP contribution in [0.25, 0.3) is 0 Å². The summed E-state index contributed by atoms with van der Waals surface area (Å²) in [4.78, 5) is 24.6. The minimum absolute atomic E-state index is 0.00137. The van der Waals surface area contributed by atoms with Crippen molar-refractivity contribution in [1.29, 1.82) is 0 Å². The standard InChI is InChI=1S/C20H21ClN2O3/c1-26-17-8-2-14(3-9-17)18(24)22-12-13-23-19(25)20(10-11-20)15-4-6-16(21)7-5-15/h2-9H,10-13H2,1H3,(H,22,24)(H,23,25). The Morgan fingerprint density at radius 1 is 1.00 bits per heavy atom. The second kappa shape index (κ2) is 7.79. The van der Waals surface area contributed by atoms with Crippen LogP contribution in [0.1, 0.15) is 28.8 Å². The van der Waals surface area contributed by atoms with Crippen molar-refractivity contribution in [3.63, 3.8) is 0 Å². The highest BCUT2D eigenvalue weighted by Crippen LogP contribution is 2.48. The molecule has 5 nitrogen and oxygen atoms in total. The molecule has 6 heteroatoms. The van der Waals surface area contributed by atoms with Crippen molar-refractivity contribution in [3.05, 3.63) is 64.7 Å². The van der Waals surface area contributed by atoms with E-state index in [4.69, 9.17) is 16.3 Å². The van der Waals surface area contributed by atoms with Crippen molar-refractivity contribution in [2.45, 2.75) is 18.3 Å². The van der Waals surface area contributed by atoms with Crippen molar-refractivity contribution >= 4 is 23.4 Å². The maximum Gasteiger partial charge on any atom is 0.251 e. The van der Waals surface area contributed by atoms with Gasteiger partial charge in [-0.1, -0.05) is 23.7 Å². The lowest BCUT2D eigenvalue weighted by Crippen LogP contribution is -2.39. The summed E-state index contributed by atoms with van der Waals surface area (Å²) in [6.45, 7) is 0.753. The molecule has 2 aromatic rings. The number of benzene rings is 2. The number of nitrogens with one attached hydrogen (secondary N) is 2. The molecule has 1 saturated carbocycles. The van der Waals surface area contributed by atoms with Crippen LogP contribution < -0.4 is 15.4 Å². The first-order chi connectivity index (χ1) is 12.5. The maximum absolute atomic E-state index is 12.5. The van der Waals surface area contributed by atoms with Gasteiger partial charge >= 0.3 is 0 Å². The smallest absolute Gasteiger partial charge is 0.251 e. The lowest BCUT2D eigenvalue weighted by molar-refractivity contribution is -0.123. The Labute approximate surface area is 157 Å². The average molecular weight is 373 g/mol. The lowest BCUT2D eigenvalue weighted by atomic mass is 9.95. The Bertz CT molecular complexity index is 784. The van der Waals surface area contributed by atoms with Gasteiger partial charge in [0.05, 0.1) is 12.5 Å². The number of methoxy groups -OCH3 is 1. The number of rotatable bonds is 7. The number of amides is 2. The molecule has 0 unspecified atom stereocenters. The third-order valence-electron chi connectivity index (χ3n) is 4.63. The fourth-order valence-electron chi connectivity index (χ4n) is 2.91. The molecule has 0 aliphatic heterocycles. The van der Waals surface area contributed by atoms with Gasteiger partial charge in [-0.15, -0.1) is 0 Å². The quantitative estimate of drug-likeness (QED) is 0.734. The van der Waals surface area contributed by atoms with E-state index in [9.17, 15) is 9.59 Å². The summed E-state index contributed by atoms with van der Waals surface area (Å²) in [5, 5.41) is 6.37. The summed E-state index contributed by atoms with van der Waals surface area (Å²) in [5.41, 5.74) is 1.10. The number of ether oxygens (including phenoxy) is 1. The van der Waals surface area contributed by atoms with E-state index in [0.717, 1.165) is 18.4 Å². The van der Waals surface area contributed by atoms with Crippen molar-refractivity contribution in [1.82, 2.24) is 10.6 Å². The average Bonchev–Trinajstić information content (AvgIpc) is 3.47. The van der Waals surface area contributed by atoms with Gasteiger partial charge in [-0.3, -0.25) is 9.59 Å². The molecule has 1 fully saturated rings. The van der Waals surface area contributed by atoms with E-state index in [1.165, 1.54) is 0 Å². The highest BCUT2D eigenvalue weighted by molar-refractivity contribution is 6.30. The van der Waals surface area contributed by atoms with E-state index >= 15 is 0 Å². The van der Waals surface area contributed by atoms with E-state index < -0.39 is 5.41 Å². The van der Waals surface area contributed by atoms with Gasteiger partial charge in [-0.25, -0.2) is 0 Å². The van der Waals surface area contributed by atoms with Crippen molar-refractivity contribution in [2.24, 2.45) is 0 Å². The summed E-state index contributed by atoms with van der Waals surface area (Å²) in [6, 6.07) is 14.3. The third-order valence-corrected chi connectivity index (χ3v) is 4.88. The van der Waals surface area contributed by atoms with Gasteiger partial charge in [0.1, 0.15) is 5.75 Å². The van der Waals surface area contributed by atoms with Gasteiger partial charge in [0.15, 0.2) is 0 Å². The Morgan fingerprint density at radius 2 is 1.62 bits per heavy atom. The Morgan fingerprint density at radius 3 is 2.19 bits per heavy atom. The molecule has 26 heavy (non-hydrogen) atoms. The van der Waals surface area contributed by atoms with Crippen LogP contribution in [0.2, 0.25) is 5.02 Å². The van der Waals surface area contributed by atoms with E-state index in [-0.39, 0.29) is 11.8 Å². The normalized spacial score (nSPS) is 14.4. The fourth-order valence-corrected chi connectivity index (χ4v) is 3.03. The number of carbonyl (C=O) groups is 2. The van der Waals surface area contributed by atoms with Gasteiger partial charge in [0, 0.05) is 23.7 Å². The molecule has 0 saturated heterocycles. The minimum Gasteiger partial charge on any atom is -0.497 e. The van der Waals surface area contributed by atoms with Crippen molar-refractivity contribution in [2.75, 3.05) is 20.2 Å². The first kappa shape index (κ1) is 18.3. The van der Waals surface area contributed by atoms with E-state index in [0.29, 0.717) is 29.4 Å². The minimum atomic E-state index is -0.440. The van der Waals surface area contributed by atoms with Gasteiger partial charge in [-0.2, -0.15) is 0 Å². The topological polar surface area (TPSA) is 67.4 Å². The summed E-state index contributed by atoms with van der Waals surface area (Å²) >= 11 is 5.91. The monoisotopic (exact) mass is 372 g/mol. The molecule has 3 rings (SSSR count). The molecular weight excluding hydrogens is 352 g/mol. The highest BCUT2D eigenvalue weighted by atomic mass is 35.5. The van der Waals surface area contributed by atoms with Crippen LogP contribution in [0.3, 0.4) is 0 Å². The molecule has 0 spiro atoms. The maximum atomic E-state index is 12.5. The molecule has 0 bridgehead atoms. The highest BCUT2D eigenvalue weighted by Gasteiger charge is 2.50. The molecule has 1 aliphatic rings. The SMILES string of the molecule is COc1ccc(C(=O)NCCNC(=O)C2(c3ccc(Cl)cc3)CC2)cc1. The van der Waals surface area contributed by atoms with Gasteiger partial charge in [-0.05, 0) is 54.8 Å². The molecule has 1 aliphatic carbocycles. The van der Waals surface area contributed by atoms with Crippen molar-refractivity contribution < 1.29 is 14.3 Å². The predicted octanol–water partition coefficient (Wildman–Crippen LogP) is 2.93. The molecular formula is C20H21ClN2O3. The van der Waals surface area contributed by atoms with Crippen LogP contribution in [0.5, 0.6) is 5.75 Å². The Balaban J connectivity index is 1.46. The molecule has 2 N–H and O–H groups in total. The number of hydrogen-bond acceptors (Lipinski definition) is 3. The summed E-state index contributed by atoms with van der Waals surface area (Å²) in [7, 11) is 1.58. The van der Waals surface area contributed by atoms with Crippen LogP contribution in [0, 0.1) is 0 Å². The number of hydrogen-bond donors (Lipinski definition) is 2. The predicted molar refractivity (Wildman–Crippen MR) is 101 cm³/mol. The molecule has 0 heterocycles. The first-order valence-corrected chi connectivity index (χ1v) is 8.89. The largest absolute Gasteiger partial charge is 0.497 e. The fraction of sp³-hybridized carbons (Fsp3) is 0.300. The van der Waals surface area contributed by atoms with E-state index in [1.54, 1.807) is 43.5 Å². The second-order valence-corrected chi connectivity index (χ2v) is 6.77. The third kappa shape index (κ3) is 3.99. The zero-order valence-corrected chi connectivity index (χ0v) is 15.3. The molecule has 0 aromatic heterocycles. The van der Waals surface area contributed by atoms with Crippen LogP contribution in [0.15, 0.2) is 48.5 Å². The van der Waals surface area contributed by atoms with Gasteiger partial charge in [0.2, 0.25) is 5.91 Å². The lowest BCUT2D eigenvalue weighted by Gasteiger charge is -2.16. The van der Waals surface area contributed by atoms with Crippen LogP contribution >= 0.6 is 11.6 Å². The van der Waals surface area contributed by atoms with Crippen LogP contribution in [0.4, 0.5) is 0 Å². The molecule has 0 radical (unpaired) electrons. The van der Waals surface area contributed by atoms with E-state index in [1.807, 2.05) is 12.1 Å². The summed E-state index contributed by atoms with van der Waals surface area (Å²) in [6.07, 6.45) is 1.66. The number of halogens is 1. The van der Waals surface area contributed by atoms with Gasteiger partial charge in [0.25, 0.3) is 5.91 Å². The summed E-state index contributed by atoms with van der Waals surface area (Å²) in [5.74, 6) is 0.519. The Hall–Kier alpha value is -2.53. The molecule has 2 amide bonds. The second-order valence-electron chi connectivity index (χ2n) is 6.33. The molecule has 0 atom stereocenters. The van der Waals surface area contributed by atoms with Crippen LogP contribution in [-0.4, -0.2) is 32.0 Å². The first-order valence-electron chi connectivity index (χ1n) is 8.52. The molecule has 2 aromatic carbocycles. The molecule has 136 valence electrons. The van der Waals surface area contributed by atoms with Gasteiger partial charge < -0.3 is 15.4 Å². The van der Waals surface area contributed by atoms with E-state index in [2.05, 4.69) is 10.6 Å². The Kier molecular flexibility index (Phi) is 5.47.